The number of aryl methyl sites for hydroxylation is 1. The second kappa shape index (κ2) is 10.4. The summed E-state index contributed by atoms with van der Waals surface area (Å²) in [5, 5.41) is 3.48. The summed E-state index contributed by atoms with van der Waals surface area (Å²) >= 11 is 0. The number of nitrogens with zero attached hydrogens (tertiary/aromatic N) is 3. The molecule has 1 aliphatic heterocycles. The van der Waals surface area contributed by atoms with E-state index in [1.54, 1.807) is 34.8 Å². The first-order chi connectivity index (χ1) is 17.8. The largest absolute Gasteiger partial charge is 0.348 e. The van der Waals surface area contributed by atoms with Crippen molar-refractivity contribution in [2.24, 2.45) is 5.92 Å². The summed E-state index contributed by atoms with van der Waals surface area (Å²) in [6.07, 6.45) is 3.36. The number of benzene rings is 2. The van der Waals surface area contributed by atoms with Gasteiger partial charge in [-0.15, -0.1) is 0 Å². The van der Waals surface area contributed by atoms with Crippen molar-refractivity contribution in [3.05, 3.63) is 89.6 Å². The highest BCUT2D eigenvalue weighted by molar-refractivity contribution is 7.89. The number of amides is 1. The Labute approximate surface area is 217 Å². The van der Waals surface area contributed by atoms with Crippen LogP contribution < -0.4 is 5.32 Å². The minimum Gasteiger partial charge on any atom is -0.348 e. The molecule has 0 saturated carbocycles. The fourth-order valence-corrected chi connectivity index (χ4v) is 6.05. The van der Waals surface area contributed by atoms with Crippen LogP contribution in [-0.2, 0) is 16.6 Å². The Morgan fingerprint density at radius 2 is 1.76 bits per heavy atom. The predicted octanol–water partition coefficient (Wildman–Crippen LogP) is 4.96. The number of nitrogens with one attached hydrogen (secondary N) is 1. The lowest BCUT2D eigenvalue weighted by molar-refractivity contribution is 0.0952. The Hall–Kier alpha value is -3.62. The minimum absolute atomic E-state index is 0.175. The molecule has 0 atom stereocenters. The molecule has 1 N–H and O–H groups in total. The van der Waals surface area contributed by atoms with Crippen molar-refractivity contribution in [3.63, 3.8) is 0 Å². The summed E-state index contributed by atoms with van der Waals surface area (Å²) in [6.45, 7) is 5.52. The number of fused-ring (bicyclic) bond motifs is 1. The summed E-state index contributed by atoms with van der Waals surface area (Å²) in [4.78, 5) is 22.7. The number of pyridine rings is 2. The zero-order valence-electron chi connectivity index (χ0n) is 21.0. The minimum atomic E-state index is -3.68. The third-order valence-electron chi connectivity index (χ3n) is 6.91. The Kier molecular flexibility index (Phi) is 7.04. The molecular formula is C29H30N4O3S. The lowest BCUT2D eigenvalue weighted by atomic mass is 10.0. The fraction of sp³-hybridized carbons (Fsp3) is 0.276. The van der Waals surface area contributed by atoms with Crippen molar-refractivity contribution in [1.82, 2.24) is 19.6 Å². The SMILES string of the molecule is Cc1ccc(CNC(=O)c2cc(-c3ccccn3)nc3ccc(S(=O)(=O)N4CCC(C)CC4)cc23)cc1. The van der Waals surface area contributed by atoms with Gasteiger partial charge in [0.15, 0.2) is 0 Å². The lowest BCUT2D eigenvalue weighted by Gasteiger charge is -2.29. The van der Waals surface area contributed by atoms with Crippen LogP contribution in [0.1, 0.15) is 41.3 Å². The van der Waals surface area contributed by atoms with Gasteiger partial charge in [-0.25, -0.2) is 13.4 Å². The Morgan fingerprint density at radius 3 is 2.46 bits per heavy atom. The first kappa shape index (κ1) is 25.0. The van der Waals surface area contributed by atoms with Crippen LogP contribution >= 0.6 is 0 Å². The topological polar surface area (TPSA) is 92.3 Å². The quantitative estimate of drug-likeness (QED) is 0.393. The molecule has 190 valence electrons. The van der Waals surface area contributed by atoms with E-state index in [0.717, 1.165) is 24.0 Å². The van der Waals surface area contributed by atoms with Crippen molar-refractivity contribution in [2.45, 2.75) is 38.1 Å². The van der Waals surface area contributed by atoms with Crippen LogP contribution in [0.5, 0.6) is 0 Å². The van der Waals surface area contributed by atoms with E-state index >= 15 is 0 Å². The maximum Gasteiger partial charge on any atom is 0.252 e. The van der Waals surface area contributed by atoms with E-state index in [0.29, 0.717) is 53.4 Å². The van der Waals surface area contributed by atoms with E-state index in [1.807, 2.05) is 49.4 Å². The van der Waals surface area contributed by atoms with Crippen molar-refractivity contribution in [3.8, 4) is 11.4 Å². The van der Waals surface area contributed by atoms with Gasteiger partial charge in [-0.05, 0) is 67.6 Å². The van der Waals surface area contributed by atoms with Crippen molar-refractivity contribution >= 4 is 26.8 Å². The molecule has 37 heavy (non-hydrogen) atoms. The van der Waals surface area contributed by atoms with E-state index in [-0.39, 0.29) is 10.8 Å². The Morgan fingerprint density at radius 1 is 1.00 bits per heavy atom. The highest BCUT2D eigenvalue weighted by Gasteiger charge is 2.29. The summed E-state index contributed by atoms with van der Waals surface area (Å²) in [5.74, 6) is 0.215. The van der Waals surface area contributed by atoms with Crippen LogP contribution in [0.2, 0.25) is 0 Å². The molecule has 2 aromatic heterocycles. The molecule has 0 aliphatic carbocycles. The molecule has 4 aromatic rings. The van der Waals surface area contributed by atoms with Crippen LogP contribution in [0, 0.1) is 12.8 Å². The van der Waals surface area contributed by atoms with Gasteiger partial charge in [-0.3, -0.25) is 9.78 Å². The van der Waals surface area contributed by atoms with Crippen LogP contribution in [-0.4, -0.2) is 41.7 Å². The van der Waals surface area contributed by atoms with E-state index in [1.165, 1.54) is 0 Å². The molecule has 3 heterocycles. The molecule has 5 rings (SSSR count). The Balaban J connectivity index is 1.55. The normalized spacial score (nSPS) is 15.1. The molecule has 0 bridgehead atoms. The van der Waals surface area contributed by atoms with Crippen molar-refractivity contribution in [2.75, 3.05) is 13.1 Å². The average molecular weight is 515 g/mol. The monoisotopic (exact) mass is 514 g/mol. The van der Waals surface area contributed by atoms with Gasteiger partial charge in [0, 0.05) is 31.2 Å². The summed E-state index contributed by atoms with van der Waals surface area (Å²) < 4.78 is 28.4. The van der Waals surface area contributed by atoms with Crippen molar-refractivity contribution in [1.29, 1.82) is 0 Å². The molecule has 1 fully saturated rings. The molecule has 0 unspecified atom stereocenters. The fourth-order valence-electron chi connectivity index (χ4n) is 4.56. The third kappa shape index (κ3) is 5.40. The van der Waals surface area contributed by atoms with Crippen LogP contribution in [0.15, 0.2) is 77.8 Å². The number of carbonyl (C=O) groups is 1. The maximum absolute atomic E-state index is 13.5. The number of hydrogen-bond donors (Lipinski definition) is 1. The second-order valence-electron chi connectivity index (χ2n) is 9.70. The molecule has 2 aromatic carbocycles. The zero-order chi connectivity index (χ0) is 26.0. The van der Waals surface area contributed by atoms with Gasteiger partial charge in [-0.2, -0.15) is 4.31 Å². The van der Waals surface area contributed by atoms with Gasteiger partial charge in [0.2, 0.25) is 10.0 Å². The van der Waals surface area contributed by atoms with Gasteiger partial charge in [0.1, 0.15) is 0 Å². The summed E-state index contributed by atoms with van der Waals surface area (Å²) in [7, 11) is -3.68. The van der Waals surface area contributed by atoms with Crippen LogP contribution in [0.4, 0.5) is 0 Å². The van der Waals surface area contributed by atoms with Crippen molar-refractivity contribution < 1.29 is 13.2 Å². The standard InChI is InChI=1S/C29H30N4O3S/c1-20-6-8-22(9-7-20)19-31-29(34)25-18-28(27-5-3-4-14-30-27)32-26-11-10-23(17-24(25)26)37(35,36)33-15-12-21(2)13-16-33/h3-11,14,17-18,21H,12-13,15-16,19H2,1-2H3,(H,31,34). The number of carbonyl (C=O) groups excluding carboxylic acids is 1. The summed E-state index contributed by atoms with van der Waals surface area (Å²) in [6, 6.07) is 20.0. The molecule has 0 radical (unpaired) electrons. The summed E-state index contributed by atoms with van der Waals surface area (Å²) in [5.41, 5.74) is 4.21. The van der Waals surface area contributed by atoms with Crippen LogP contribution in [0.25, 0.3) is 22.3 Å². The molecule has 8 heteroatoms. The van der Waals surface area contributed by atoms with E-state index in [9.17, 15) is 13.2 Å². The number of rotatable bonds is 6. The van der Waals surface area contributed by atoms with Gasteiger partial charge in [0.05, 0.1) is 27.4 Å². The van der Waals surface area contributed by atoms with E-state index in [4.69, 9.17) is 4.98 Å². The number of hydrogen-bond acceptors (Lipinski definition) is 5. The first-order valence-corrected chi connectivity index (χ1v) is 14.0. The second-order valence-corrected chi connectivity index (χ2v) is 11.6. The van der Waals surface area contributed by atoms with Crippen LogP contribution in [0.3, 0.4) is 0 Å². The van der Waals surface area contributed by atoms with Gasteiger partial charge in [-0.1, -0.05) is 42.8 Å². The van der Waals surface area contributed by atoms with Gasteiger partial charge in [0.25, 0.3) is 5.91 Å². The number of aromatic nitrogens is 2. The average Bonchev–Trinajstić information content (AvgIpc) is 2.92. The zero-order valence-corrected chi connectivity index (χ0v) is 21.8. The Bertz CT molecular complexity index is 1530. The highest BCUT2D eigenvalue weighted by Crippen LogP contribution is 2.29. The number of piperidine rings is 1. The maximum atomic E-state index is 13.5. The van der Waals surface area contributed by atoms with Gasteiger partial charge >= 0.3 is 0 Å². The van der Waals surface area contributed by atoms with E-state index in [2.05, 4.69) is 17.2 Å². The molecule has 7 nitrogen and oxygen atoms in total. The number of sulfonamides is 1. The molecular weight excluding hydrogens is 484 g/mol. The first-order valence-electron chi connectivity index (χ1n) is 12.5. The highest BCUT2D eigenvalue weighted by atomic mass is 32.2. The lowest BCUT2D eigenvalue weighted by Crippen LogP contribution is -2.37. The molecule has 0 spiro atoms. The molecule has 1 saturated heterocycles. The predicted molar refractivity (Wildman–Crippen MR) is 144 cm³/mol. The van der Waals surface area contributed by atoms with E-state index < -0.39 is 10.0 Å². The molecule has 1 aliphatic rings. The molecule has 1 amide bonds. The third-order valence-corrected chi connectivity index (χ3v) is 8.80. The van der Waals surface area contributed by atoms with Gasteiger partial charge < -0.3 is 5.32 Å². The smallest absolute Gasteiger partial charge is 0.252 e.